The van der Waals surface area contributed by atoms with Gasteiger partial charge in [0.1, 0.15) is 12.0 Å². The topological polar surface area (TPSA) is 64.4 Å². The highest BCUT2D eigenvalue weighted by atomic mass is 35.5. The highest BCUT2D eigenvalue weighted by molar-refractivity contribution is 6.35. The number of carbonyl (C=O) groups is 1. The number of carbonyl (C=O) groups excluding carboxylic acids is 1. The number of amides is 1. The van der Waals surface area contributed by atoms with Crippen LogP contribution in [0.25, 0.3) is 0 Å². The Hall–Kier alpha value is -1.72. The molecule has 1 amide bonds. The molecule has 2 aromatic rings. The number of hydrogen-bond acceptors (Lipinski definition) is 4. The second-order valence-electron chi connectivity index (χ2n) is 3.96. The number of hydrogen-bond donors (Lipinski definition) is 1. The van der Waals surface area contributed by atoms with Crippen LogP contribution >= 0.6 is 23.2 Å². The van der Waals surface area contributed by atoms with Crippen LogP contribution in [-0.2, 0) is 4.79 Å². The first-order valence-electron chi connectivity index (χ1n) is 5.93. The zero-order chi connectivity index (χ0) is 14.5. The fraction of sp³-hybridized carbons (Fsp3) is 0.231. The van der Waals surface area contributed by atoms with E-state index in [9.17, 15) is 4.79 Å². The lowest BCUT2D eigenvalue weighted by Gasteiger charge is -2.17. The van der Waals surface area contributed by atoms with Crippen molar-refractivity contribution in [2.75, 3.05) is 5.32 Å². The van der Waals surface area contributed by atoms with E-state index in [0.29, 0.717) is 28.0 Å². The van der Waals surface area contributed by atoms with Gasteiger partial charge in [0.15, 0.2) is 11.9 Å². The van der Waals surface area contributed by atoms with Gasteiger partial charge in [-0.25, -0.2) is 0 Å². The summed E-state index contributed by atoms with van der Waals surface area (Å²) in [4.78, 5) is 12.0. The van der Waals surface area contributed by atoms with Crippen molar-refractivity contribution < 1.29 is 14.1 Å². The SMILES string of the molecule is CC[C@@H](Oc1ccc(Cl)cc1Cl)C(=O)Nc1ccon1. The molecule has 1 N–H and O–H groups in total. The summed E-state index contributed by atoms with van der Waals surface area (Å²) in [5, 5.41) is 7.04. The van der Waals surface area contributed by atoms with Gasteiger partial charge in [-0.3, -0.25) is 4.79 Å². The molecule has 1 atom stereocenters. The molecule has 5 nitrogen and oxygen atoms in total. The van der Waals surface area contributed by atoms with Gasteiger partial charge in [0.2, 0.25) is 0 Å². The summed E-state index contributed by atoms with van der Waals surface area (Å²) in [6, 6.07) is 6.36. The van der Waals surface area contributed by atoms with Crippen molar-refractivity contribution in [3.05, 3.63) is 40.6 Å². The van der Waals surface area contributed by atoms with Crippen molar-refractivity contribution >= 4 is 34.9 Å². The van der Waals surface area contributed by atoms with Gasteiger partial charge in [-0.1, -0.05) is 35.3 Å². The smallest absolute Gasteiger partial charge is 0.266 e. The first-order chi connectivity index (χ1) is 9.60. The maximum Gasteiger partial charge on any atom is 0.266 e. The molecule has 0 radical (unpaired) electrons. The van der Waals surface area contributed by atoms with Crippen LogP contribution in [0.1, 0.15) is 13.3 Å². The van der Waals surface area contributed by atoms with Gasteiger partial charge in [0.25, 0.3) is 5.91 Å². The van der Waals surface area contributed by atoms with Crippen LogP contribution in [0.15, 0.2) is 35.1 Å². The molecular weight excluding hydrogens is 303 g/mol. The Morgan fingerprint density at radius 2 is 2.25 bits per heavy atom. The normalized spacial score (nSPS) is 11.9. The molecule has 0 saturated heterocycles. The van der Waals surface area contributed by atoms with Gasteiger partial charge in [-0.05, 0) is 24.6 Å². The van der Waals surface area contributed by atoms with E-state index in [4.69, 9.17) is 27.9 Å². The van der Waals surface area contributed by atoms with E-state index in [1.807, 2.05) is 6.92 Å². The number of nitrogens with zero attached hydrogens (tertiary/aromatic N) is 1. The molecule has 0 bridgehead atoms. The lowest BCUT2D eigenvalue weighted by molar-refractivity contribution is -0.122. The third-order valence-electron chi connectivity index (χ3n) is 2.52. The molecule has 0 spiro atoms. The molecule has 106 valence electrons. The summed E-state index contributed by atoms with van der Waals surface area (Å²) in [5.74, 6) is 0.407. The first-order valence-corrected chi connectivity index (χ1v) is 6.68. The summed E-state index contributed by atoms with van der Waals surface area (Å²) in [7, 11) is 0. The molecule has 0 unspecified atom stereocenters. The Morgan fingerprint density at radius 1 is 1.45 bits per heavy atom. The van der Waals surface area contributed by atoms with Crippen molar-refractivity contribution in [3.63, 3.8) is 0 Å². The van der Waals surface area contributed by atoms with Crippen molar-refractivity contribution in [1.82, 2.24) is 5.16 Å². The Balaban J connectivity index is 2.06. The van der Waals surface area contributed by atoms with Gasteiger partial charge in [0.05, 0.1) is 5.02 Å². The van der Waals surface area contributed by atoms with E-state index in [2.05, 4.69) is 15.0 Å². The van der Waals surface area contributed by atoms with Crippen LogP contribution in [0.2, 0.25) is 10.0 Å². The van der Waals surface area contributed by atoms with Gasteiger partial charge in [0, 0.05) is 11.1 Å². The molecule has 20 heavy (non-hydrogen) atoms. The van der Waals surface area contributed by atoms with Gasteiger partial charge in [-0.15, -0.1) is 0 Å². The Morgan fingerprint density at radius 3 is 2.85 bits per heavy atom. The first kappa shape index (κ1) is 14.7. The number of ether oxygens (including phenoxy) is 1. The largest absolute Gasteiger partial charge is 0.479 e. The molecule has 0 saturated carbocycles. The van der Waals surface area contributed by atoms with Crippen LogP contribution in [-0.4, -0.2) is 17.2 Å². The maximum absolute atomic E-state index is 12.0. The minimum Gasteiger partial charge on any atom is -0.479 e. The lowest BCUT2D eigenvalue weighted by atomic mass is 10.2. The molecule has 1 heterocycles. The summed E-state index contributed by atoms with van der Waals surface area (Å²) in [5.41, 5.74) is 0. The molecular formula is C13H12Cl2N2O3. The van der Waals surface area contributed by atoms with Gasteiger partial charge < -0.3 is 14.6 Å². The van der Waals surface area contributed by atoms with Crippen LogP contribution in [0.5, 0.6) is 5.75 Å². The monoisotopic (exact) mass is 314 g/mol. The zero-order valence-corrected chi connectivity index (χ0v) is 12.1. The van der Waals surface area contributed by atoms with Crippen LogP contribution in [0.3, 0.4) is 0 Å². The Kier molecular flexibility index (Phi) is 4.87. The fourth-order valence-electron chi connectivity index (χ4n) is 1.53. The van der Waals surface area contributed by atoms with Gasteiger partial charge in [-0.2, -0.15) is 0 Å². The molecule has 7 heteroatoms. The molecule has 2 rings (SSSR count). The average molecular weight is 315 g/mol. The highest BCUT2D eigenvalue weighted by Crippen LogP contribution is 2.28. The Labute approximate surface area is 125 Å². The molecule has 0 fully saturated rings. The number of aromatic nitrogens is 1. The van der Waals surface area contributed by atoms with E-state index < -0.39 is 6.10 Å². The van der Waals surface area contributed by atoms with Crippen molar-refractivity contribution in [2.24, 2.45) is 0 Å². The summed E-state index contributed by atoms with van der Waals surface area (Å²) < 4.78 is 10.2. The van der Waals surface area contributed by atoms with E-state index >= 15 is 0 Å². The van der Waals surface area contributed by atoms with Crippen LogP contribution in [0.4, 0.5) is 5.82 Å². The maximum atomic E-state index is 12.0. The second kappa shape index (κ2) is 6.63. The molecule has 1 aromatic heterocycles. The third kappa shape index (κ3) is 3.65. The molecule has 0 aliphatic carbocycles. The van der Waals surface area contributed by atoms with E-state index in [-0.39, 0.29) is 5.91 Å². The molecule has 0 aliphatic heterocycles. The second-order valence-corrected chi connectivity index (χ2v) is 4.81. The molecule has 0 aliphatic rings. The number of benzene rings is 1. The Bertz CT molecular complexity index is 587. The van der Waals surface area contributed by atoms with Crippen molar-refractivity contribution in [3.8, 4) is 5.75 Å². The number of nitrogens with one attached hydrogen (secondary N) is 1. The van der Waals surface area contributed by atoms with Crippen LogP contribution in [0, 0.1) is 0 Å². The summed E-state index contributed by atoms with van der Waals surface area (Å²) in [6.45, 7) is 1.83. The minimum atomic E-state index is -0.689. The predicted octanol–water partition coefficient (Wildman–Crippen LogP) is 3.78. The summed E-state index contributed by atoms with van der Waals surface area (Å²) in [6.07, 6.45) is 1.15. The number of halogens is 2. The van der Waals surface area contributed by atoms with Gasteiger partial charge >= 0.3 is 0 Å². The molecule has 1 aromatic carbocycles. The third-order valence-corrected chi connectivity index (χ3v) is 3.05. The van der Waals surface area contributed by atoms with E-state index in [1.54, 1.807) is 24.3 Å². The zero-order valence-electron chi connectivity index (χ0n) is 10.6. The highest BCUT2D eigenvalue weighted by Gasteiger charge is 2.20. The summed E-state index contributed by atoms with van der Waals surface area (Å²) >= 11 is 11.8. The fourth-order valence-corrected chi connectivity index (χ4v) is 1.98. The van der Waals surface area contributed by atoms with Crippen molar-refractivity contribution in [2.45, 2.75) is 19.4 Å². The van der Waals surface area contributed by atoms with E-state index in [0.717, 1.165) is 0 Å². The standard InChI is InChI=1S/C13H12Cl2N2O3/c1-2-10(13(18)16-12-5-6-19-17-12)20-11-4-3-8(14)7-9(11)15/h3-7,10H,2H2,1H3,(H,16,17,18)/t10-/m1/s1. The minimum absolute atomic E-state index is 0.326. The van der Waals surface area contributed by atoms with Crippen molar-refractivity contribution in [1.29, 1.82) is 0 Å². The predicted molar refractivity (Wildman–Crippen MR) is 76.3 cm³/mol. The quantitative estimate of drug-likeness (QED) is 0.912. The lowest BCUT2D eigenvalue weighted by Crippen LogP contribution is -2.32. The number of rotatable bonds is 5. The van der Waals surface area contributed by atoms with E-state index in [1.165, 1.54) is 6.26 Å². The van der Waals surface area contributed by atoms with Crippen LogP contribution < -0.4 is 10.1 Å². The number of anilines is 1. The average Bonchev–Trinajstić information content (AvgIpc) is 2.90.